The van der Waals surface area contributed by atoms with Crippen molar-refractivity contribution in [1.29, 1.82) is 0 Å². The van der Waals surface area contributed by atoms with Gasteiger partial charge in [0.25, 0.3) is 0 Å². The predicted octanol–water partition coefficient (Wildman–Crippen LogP) is 3.22. The molecule has 0 saturated heterocycles. The zero-order valence-corrected chi connectivity index (χ0v) is 11.5. The average Bonchev–Trinajstić information content (AvgIpc) is 2.29. The van der Waals surface area contributed by atoms with Gasteiger partial charge in [0.15, 0.2) is 0 Å². The van der Waals surface area contributed by atoms with E-state index in [0.717, 1.165) is 11.1 Å². The molecule has 0 amide bonds. The fourth-order valence-electron chi connectivity index (χ4n) is 1.88. The van der Waals surface area contributed by atoms with Gasteiger partial charge < -0.3 is 5.11 Å². The fraction of sp³-hybridized carbons (Fsp3) is 0.571. The highest BCUT2D eigenvalue weighted by atomic mass is 19.4. The summed E-state index contributed by atoms with van der Waals surface area (Å²) in [7, 11) is 0. The van der Waals surface area contributed by atoms with Crippen LogP contribution in [0.4, 0.5) is 13.2 Å². The van der Waals surface area contributed by atoms with Crippen molar-refractivity contribution < 1.29 is 18.3 Å². The van der Waals surface area contributed by atoms with E-state index in [1.165, 1.54) is 4.90 Å². The molecule has 0 aromatic heterocycles. The first-order chi connectivity index (χ1) is 8.73. The van der Waals surface area contributed by atoms with Crippen molar-refractivity contribution in [2.24, 2.45) is 0 Å². The van der Waals surface area contributed by atoms with Crippen LogP contribution >= 0.6 is 0 Å². The molecular weight excluding hydrogens is 255 g/mol. The summed E-state index contributed by atoms with van der Waals surface area (Å²) < 4.78 is 37.0. The number of aryl methyl sites for hydroxylation is 2. The van der Waals surface area contributed by atoms with E-state index in [-0.39, 0.29) is 13.1 Å². The van der Waals surface area contributed by atoms with Gasteiger partial charge in [-0.25, -0.2) is 0 Å². The van der Waals surface area contributed by atoms with Crippen LogP contribution in [0.25, 0.3) is 0 Å². The van der Waals surface area contributed by atoms with Crippen molar-refractivity contribution >= 4 is 0 Å². The number of hydrogen-bond donors (Lipinski definition) is 1. The van der Waals surface area contributed by atoms with Gasteiger partial charge in [-0.1, -0.05) is 25.1 Å². The minimum atomic E-state index is -4.24. The van der Waals surface area contributed by atoms with E-state index in [2.05, 4.69) is 0 Å². The number of alkyl halides is 3. The Morgan fingerprint density at radius 3 is 2.32 bits per heavy atom. The van der Waals surface area contributed by atoms with E-state index in [0.29, 0.717) is 5.56 Å². The van der Waals surface area contributed by atoms with E-state index in [1.54, 1.807) is 13.0 Å². The van der Waals surface area contributed by atoms with E-state index < -0.39 is 18.8 Å². The van der Waals surface area contributed by atoms with Gasteiger partial charge >= 0.3 is 6.18 Å². The topological polar surface area (TPSA) is 23.5 Å². The number of aliphatic hydroxyl groups excluding tert-OH is 1. The monoisotopic (exact) mass is 275 g/mol. The summed E-state index contributed by atoms with van der Waals surface area (Å²) in [4.78, 5) is 1.19. The number of nitrogens with zero attached hydrogens (tertiary/aromatic N) is 1. The lowest BCUT2D eigenvalue weighted by molar-refractivity contribution is -0.148. The third kappa shape index (κ3) is 5.20. The Hall–Kier alpha value is -1.07. The molecule has 0 aliphatic heterocycles. The number of benzene rings is 1. The first kappa shape index (κ1) is 16.0. The average molecular weight is 275 g/mol. The predicted molar refractivity (Wildman–Crippen MR) is 69.0 cm³/mol. The fourth-order valence-corrected chi connectivity index (χ4v) is 1.88. The molecule has 108 valence electrons. The molecule has 1 rings (SSSR count). The minimum absolute atomic E-state index is 0.0154. The van der Waals surface area contributed by atoms with Gasteiger partial charge in [0.05, 0.1) is 12.6 Å². The summed E-state index contributed by atoms with van der Waals surface area (Å²) in [5.74, 6) is 0. The first-order valence-corrected chi connectivity index (χ1v) is 6.27. The molecule has 0 aliphatic carbocycles. The van der Waals surface area contributed by atoms with Crippen LogP contribution in [-0.2, 0) is 0 Å². The van der Waals surface area contributed by atoms with Crippen molar-refractivity contribution in [3.8, 4) is 0 Å². The maximum Gasteiger partial charge on any atom is 0.401 e. The lowest BCUT2D eigenvalue weighted by atomic mass is 10.0. The second kappa shape index (κ2) is 6.39. The lowest BCUT2D eigenvalue weighted by Gasteiger charge is -2.25. The maximum atomic E-state index is 12.3. The molecule has 0 radical (unpaired) electrons. The summed E-state index contributed by atoms with van der Waals surface area (Å²) in [5, 5.41) is 10.0. The Kier molecular flexibility index (Phi) is 5.38. The Morgan fingerprint density at radius 2 is 1.84 bits per heavy atom. The van der Waals surface area contributed by atoms with Gasteiger partial charge in [-0.2, -0.15) is 13.2 Å². The molecule has 0 heterocycles. The van der Waals surface area contributed by atoms with E-state index >= 15 is 0 Å². The Balaban J connectivity index is 2.71. The van der Waals surface area contributed by atoms with E-state index in [1.807, 2.05) is 26.0 Å². The van der Waals surface area contributed by atoms with Crippen LogP contribution in [0.2, 0.25) is 0 Å². The third-order valence-electron chi connectivity index (χ3n) is 3.20. The number of rotatable bonds is 5. The van der Waals surface area contributed by atoms with Crippen molar-refractivity contribution in [3.05, 3.63) is 34.9 Å². The number of hydrogen-bond acceptors (Lipinski definition) is 2. The van der Waals surface area contributed by atoms with Crippen LogP contribution in [0.1, 0.15) is 29.7 Å². The van der Waals surface area contributed by atoms with Gasteiger partial charge in [-0.15, -0.1) is 0 Å². The second-order valence-electron chi connectivity index (χ2n) is 4.80. The molecule has 0 aliphatic rings. The Labute approximate surface area is 111 Å². The summed E-state index contributed by atoms with van der Waals surface area (Å²) >= 11 is 0. The summed E-state index contributed by atoms with van der Waals surface area (Å²) in [6.07, 6.45) is -5.14. The smallest absolute Gasteiger partial charge is 0.387 e. The Bertz CT molecular complexity index is 418. The zero-order chi connectivity index (χ0) is 14.6. The highest BCUT2D eigenvalue weighted by molar-refractivity contribution is 5.31. The van der Waals surface area contributed by atoms with Crippen LogP contribution in [-0.4, -0.2) is 35.8 Å². The number of aliphatic hydroxyl groups is 1. The van der Waals surface area contributed by atoms with E-state index in [9.17, 15) is 18.3 Å². The maximum absolute atomic E-state index is 12.3. The molecule has 5 heteroatoms. The number of likely N-dealkylation sites (N-methyl/N-ethyl adjacent to an activating group) is 1. The summed E-state index contributed by atoms with van der Waals surface area (Å²) in [6.45, 7) is 4.76. The van der Waals surface area contributed by atoms with Crippen LogP contribution in [0, 0.1) is 13.8 Å². The lowest BCUT2D eigenvalue weighted by Crippen LogP contribution is -2.36. The van der Waals surface area contributed by atoms with Crippen LogP contribution in [0.5, 0.6) is 0 Å². The first-order valence-electron chi connectivity index (χ1n) is 6.27. The summed E-state index contributed by atoms with van der Waals surface area (Å²) in [6, 6.07) is 5.45. The van der Waals surface area contributed by atoms with Crippen LogP contribution < -0.4 is 0 Å². The molecule has 1 aromatic rings. The minimum Gasteiger partial charge on any atom is -0.387 e. The largest absolute Gasteiger partial charge is 0.401 e. The van der Waals surface area contributed by atoms with Crippen molar-refractivity contribution in [2.75, 3.05) is 19.6 Å². The SMILES string of the molecule is CCN(CC(O)c1ccc(C)c(C)c1)CC(F)(F)F. The highest BCUT2D eigenvalue weighted by Gasteiger charge is 2.30. The van der Waals surface area contributed by atoms with Crippen molar-refractivity contribution in [2.45, 2.75) is 33.1 Å². The molecule has 0 fully saturated rings. The molecule has 1 atom stereocenters. The van der Waals surface area contributed by atoms with Gasteiger partial charge in [-0.05, 0) is 37.1 Å². The zero-order valence-electron chi connectivity index (χ0n) is 11.5. The molecule has 0 saturated carbocycles. The normalized spacial score (nSPS) is 13.9. The molecular formula is C14H20F3NO. The standard InChI is InChI=1S/C14H20F3NO/c1-4-18(9-14(15,16)17)8-13(19)12-6-5-10(2)11(3)7-12/h5-7,13,19H,4,8-9H2,1-3H3. The van der Waals surface area contributed by atoms with Gasteiger partial charge in [-0.3, -0.25) is 4.90 Å². The Morgan fingerprint density at radius 1 is 1.21 bits per heavy atom. The van der Waals surface area contributed by atoms with Crippen LogP contribution in [0.3, 0.4) is 0 Å². The molecule has 0 bridgehead atoms. The summed E-state index contributed by atoms with van der Waals surface area (Å²) in [5.41, 5.74) is 2.78. The third-order valence-corrected chi connectivity index (χ3v) is 3.20. The highest BCUT2D eigenvalue weighted by Crippen LogP contribution is 2.21. The molecule has 0 spiro atoms. The molecule has 19 heavy (non-hydrogen) atoms. The van der Waals surface area contributed by atoms with Gasteiger partial charge in [0, 0.05) is 6.54 Å². The molecule has 1 aromatic carbocycles. The molecule has 1 N–H and O–H groups in total. The van der Waals surface area contributed by atoms with Crippen LogP contribution in [0.15, 0.2) is 18.2 Å². The van der Waals surface area contributed by atoms with Crippen molar-refractivity contribution in [1.82, 2.24) is 4.90 Å². The van der Waals surface area contributed by atoms with Crippen molar-refractivity contribution in [3.63, 3.8) is 0 Å². The molecule has 1 unspecified atom stereocenters. The van der Waals surface area contributed by atoms with E-state index in [4.69, 9.17) is 0 Å². The quantitative estimate of drug-likeness (QED) is 0.892. The van der Waals surface area contributed by atoms with Gasteiger partial charge in [0.2, 0.25) is 0 Å². The van der Waals surface area contributed by atoms with Gasteiger partial charge in [0.1, 0.15) is 0 Å². The molecule has 2 nitrogen and oxygen atoms in total. The second-order valence-corrected chi connectivity index (χ2v) is 4.80. The number of halogens is 3.